The molecule has 0 unspecified atom stereocenters. The van der Waals surface area contributed by atoms with Crippen LogP contribution < -0.4 is 0 Å². The molecule has 16 heavy (non-hydrogen) atoms. The largest absolute Gasteiger partial charge is 0.449 e. The monoisotopic (exact) mass is 227 g/mol. The van der Waals surface area contributed by atoms with Crippen LogP contribution in [0.15, 0.2) is 0 Å². The van der Waals surface area contributed by atoms with Gasteiger partial charge in [-0.1, -0.05) is 34.1 Å². The molecule has 0 bridgehead atoms. The predicted octanol–water partition coefficient (Wildman–Crippen LogP) is 3.29. The molecule has 1 amide bonds. The fourth-order valence-corrected chi connectivity index (χ4v) is 1.89. The van der Waals surface area contributed by atoms with Gasteiger partial charge in [0.15, 0.2) is 0 Å². The van der Waals surface area contributed by atoms with Crippen LogP contribution >= 0.6 is 0 Å². The van der Waals surface area contributed by atoms with E-state index in [9.17, 15) is 4.79 Å². The summed E-state index contributed by atoms with van der Waals surface area (Å²) in [4.78, 5) is 13.6. The van der Waals surface area contributed by atoms with E-state index in [0.29, 0.717) is 6.61 Å². The SMILES string of the molecule is CCC1CCN(C(=O)OCC(C)(C)C)CC1. The molecular formula is C13H25NO2. The van der Waals surface area contributed by atoms with Gasteiger partial charge in [-0.25, -0.2) is 4.79 Å². The van der Waals surface area contributed by atoms with E-state index in [1.165, 1.54) is 6.42 Å². The van der Waals surface area contributed by atoms with Crippen LogP contribution in [0.2, 0.25) is 0 Å². The second kappa shape index (κ2) is 5.55. The average molecular weight is 227 g/mol. The van der Waals surface area contributed by atoms with Crippen LogP contribution in [-0.4, -0.2) is 30.7 Å². The molecule has 0 radical (unpaired) electrons. The first-order valence-corrected chi connectivity index (χ1v) is 6.34. The maximum Gasteiger partial charge on any atom is 0.409 e. The summed E-state index contributed by atoms with van der Waals surface area (Å²) < 4.78 is 5.30. The molecule has 1 fully saturated rings. The predicted molar refractivity (Wildman–Crippen MR) is 65.4 cm³/mol. The molecule has 0 N–H and O–H groups in total. The number of ether oxygens (including phenoxy) is 1. The van der Waals surface area contributed by atoms with Crippen LogP contribution in [0.25, 0.3) is 0 Å². The molecule has 0 atom stereocenters. The van der Waals surface area contributed by atoms with Crippen LogP contribution in [0, 0.1) is 11.3 Å². The van der Waals surface area contributed by atoms with E-state index in [0.717, 1.165) is 31.8 Å². The normalized spacial score (nSPS) is 18.6. The molecule has 0 aromatic rings. The van der Waals surface area contributed by atoms with E-state index >= 15 is 0 Å². The van der Waals surface area contributed by atoms with Crippen molar-refractivity contribution in [3.8, 4) is 0 Å². The molecular weight excluding hydrogens is 202 g/mol. The van der Waals surface area contributed by atoms with Crippen molar-refractivity contribution in [2.45, 2.75) is 47.0 Å². The van der Waals surface area contributed by atoms with E-state index < -0.39 is 0 Å². The highest BCUT2D eigenvalue weighted by Crippen LogP contribution is 2.21. The van der Waals surface area contributed by atoms with Gasteiger partial charge in [-0.2, -0.15) is 0 Å². The fraction of sp³-hybridized carbons (Fsp3) is 0.923. The Morgan fingerprint density at radius 2 is 1.88 bits per heavy atom. The fourth-order valence-electron chi connectivity index (χ4n) is 1.89. The quantitative estimate of drug-likeness (QED) is 0.724. The first-order chi connectivity index (χ1) is 7.42. The van der Waals surface area contributed by atoms with Crippen molar-refractivity contribution in [2.75, 3.05) is 19.7 Å². The van der Waals surface area contributed by atoms with Crippen molar-refractivity contribution in [2.24, 2.45) is 11.3 Å². The van der Waals surface area contributed by atoms with Gasteiger partial charge < -0.3 is 9.64 Å². The first-order valence-electron chi connectivity index (χ1n) is 6.34. The van der Waals surface area contributed by atoms with Gasteiger partial charge in [0.1, 0.15) is 0 Å². The Morgan fingerprint density at radius 3 is 2.31 bits per heavy atom. The Balaban J connectivity index is 2.28. The van der Waals surface area contributed by atoms with Gasteiger partial charge in [0.25, 0.3) is 0 Å². The second-order valence-corrected chi connectivity index (χ2v) is 5.95. The van der Waals surface area contributed by atoms with Gasteiger partial charge in [-0.3, -0.25) is 0 Å². The molecule has 94 valence electrons. The summed E-state index contributed by atoms with van der Waals surface area (Å²) in [6, 6.07) is 0. The minimum atomic E-state index is -0.135. The van der Waals surface area contributed by atoms with Crippen molar-refractivity contribution >= 4 is 6.09 Å². The Kier molecular flexibility index (Phi) is 4.63. The molecule has 1 heterocycles. The summed E-state index contributed by atoms with van der Waals surface area (Å²) in [5.74, 6) is 0.798. The van der Waals surface area contributed by atoms with Crippen molar-refractivity contribution < 1.29 is 9.53 Å². The van der Waals surface area contributed by atoms with Crippen molar-refractivity contribution in [1.82, 2.24) is 4.90 Å². The molecule has 0 saturated carbocycles. The van der Waals surface area contributed by atoms with Crippen LogP contribution in [0.4, 0.5) is 4.79 Å². The summed E-state index contributed by atoms with van der Waals surface area (Å²) in [6.45, 7) is 10.7. The Hall–Kier alpha value is -0.730. The lowest BCUT2D eigenvalue weighted by Crippen LogP contribution is -2.39. The molecule has 3 nitrogen and oxygen atoms in total. The first kappa shape index (κ1) is 13.3. The minimum absolute atomic E-state index is 0.0530. The average Bonchev–Trinajstić information content (AvgIpc) is 2.25. The maximum atomic E-state index is 11.7. The Labute approximate surface area is 99.1 Å². The van der Waals surface area contributed by atoms with E-state index in [4.69, 9.17) is 4.74 Å². The van der Waals surface area contributed by atoms with Gasteiger partial charge in [0.2, 0.25) is 0 Å². The molecule has 3 heteroatoms. The summed E-state index contributed by atoms with van der Waals surface area (Å²) in [7, 11) is 0. The molecule has 0 aromatic heterocycles. The van der Waals surface area contributed by atoms with Gasteiger partial charge >= 0.3 is 6.09 Å². The number of piperidine rings is 1. The highest BCUT2D eigenvalue weighted by Gasteiger charge is 2.23. The Morgan fingerprint density at radius 1 is 1.31 bits per heavy atom. The summed E-state index contributed by atoms with van der Waals surface area (Å²) >= 11 is 0. The number of likely N-dealkylation sites (tertiary alicyclic amines) is 1. The van der Waals surface area contributed by atoms with E-state index in [1.54, 1.807) is 0 Å². The molecule has 1 aliphatic heterocycles. The highest BCUT2D eigenvalue weighted by molar-refractivity contribution is 5.67. The lowest BCUT2D eigenvalue weighted by atomic mass is 9.95. The topological polar surface area (TPSA) is 29.5 Å². The van der Waals surface area contributed by atoms with Crippen LogP contribution in [-0.2, 0) is 4.74 Å². The van der Waals surface area contributed by atoms with Crippen LogP contribution in [0.5, 0.6) is 0 Å². The second-order valence-electron chi connectivity index (χ2n) is 5.95. The third-order valence-corrected chi connectivity index (χ3v) is 3.08. The number of amides is 1. The van der Waals surface area contributed by atoms with Crippen LogP contribution in [0.3, 0.4) is 0 Å². The van der Waals surface area contributed by atoms with E-state index in [-0.39, 0.29) is 11.5 Å². The third-order valence-electron chi connectivity index (χ3n) is 3.08. The number of hydrogen-bond acceptors (Lipinski definition) is 2. The smallest absolute Gasteiger partial charge is 0.409 e. The zero-order valence-corrected chi connectivity index (χ0v) is 11.1. The number of rotatable bonds is 2. The van der Waals surface area contributed by atoms with Crippen molar-refractivity contribution in [3.05, 3.63) is 0 Å². The zero-order valence-electron chi connectivity index (χ0n) is 11.1. The molecule has 1 aliphatic rings. The summed E-state index contributed by atoms with van der Waals surface area (Å²) in [5, 5.41) is 0. The maximum absolute atomic E-state index is 11.7. The minimum Gasteiger partial charge on any atom is -0.449 e. The van der Waals surface area contributed by atoms with Gasteiger partial charge in [0, 0.05) is 13.1 Å². The molecule has 0 aliphatic carbocycles. The number of nitrogens with zero attached hydrogens (tertiary/aromatic N) is 1. The number of carbonyl (C=O) groups excluding carboxylic acids is 1. The molecule has 0 aromatic carbocycles. The third kappa shape index (κ3) is 4.42. The zero-order chi connectivity index (χ0) is 12.2. The molecule has 0 spiro atoms. The number of hydrogen-bond donors (Lipinski definition) is 0. The molecule has 1 saturated heterocycles. The van der Waals surface area contributed by atoms with E-state index in [2.05, 4.69) is 27.7 Å². The summed E-state index contributed by atoms with van der Waals surface area (Å²) in [6.07, 6.45) is 3.34. The van der Waals surface area contributed by atoms with Gasteiger partial charge in [0.05, 0.1) is 6.61 Å². The lowest BCUT2D eigenvalue weighted by molar-refractivity contribution is 0.0618. The molecule has 1 rings (SSSR count). The van der Waals surface area contributed by atoms with E-state index in [1.807, 2.05) is 4.90 Å². The summed E-state index contributed by atoms with van der Waals surface area (Å²) in [5.41, 5.74) is 0.0530. The van der Waals surface area contributed by atoms with Gasteiger partial charge in [-0.05, 0) is 24.2 Å². The van der Waals surface area contributed by atoms with Crippen molar-refractivity contribution in [3.63, 3.8) is 0 Å². The standard InChI is InChI=1S/C13H25NO2/c1-5-11-6-8-14(9-7-11)12(15)16-10-13(2,3)4/h11H,5-10H2,1-4H3. The number of carbonyl (C=O) groups is 1. The van der Waals surface area contributed by atoms with Gasteiger partial charge in [-0.15, -0.1) is 0 Å². The van der Waals surface area contributed by atoms with Crippen molar-refractivity contribution in [1.29, 1.82) is 0 Å². The highest BCUT2D eigenvalue weighted by atomic mass is 16.6. The lowest BCUT2D eigenvalue weighted by Gasteiger charge is -2.31. The van der Waals surface area contributed by atoms with Crippen LogP contribution in [0.1, 0.15) is 47.0 Å². The Bertz CT molecular complexity index is 225.